The van der Waals surface area contributed by atoms with Crippen molar-refractivity contribution < 1.29 is 4.42 Å². The Kier molecular flexibility index (Phi) is 3.57. The molecule has 0 unspecified atom stereocenters. The summed E-state index contributed by atoms with van der Waals surface area (Å²) in [7, 11) is 0. The molecule has 3 aromatic rings. The van der Waals surface area contributed by atoms with Gasteiger partial charge in [0.25, 0.3) is 0 Å². The van der Waals surface area contributed by atoms with Crippen LogP contribution >= 0.6 is 0 Å². The predicted molar refractivity (Wildman–Crippen MR) is 83.6 cm³/mol. The minimum absolute atomic E-state index is 0.505. The van der Waals surface area contributed by atoms with E-state index in [2.05, 4.69) is 55.6 Å². The molecule has 0 spiro atoms. The molecule has 0 atom stereocenters. The highest BCUT2D eigenvalue weighted by molar-refractivity contribution is 5.82. The molecule has 0 aliphatic carbocycles. The molecular weight excluding hydrogens is 246 g/mol. The molecule has 0 fully saturated rings. The summed E-state index contributed by atoms with van der Waals surface area (Å²) in [5.74, 6) is 0.926. The summed E-state index contributed by atoms with van der Waals surface area (Å²) in [6.45, 7) is 5.21. The number of para-hydroxylation sites is 1. The van der Waals surface area contributed by atoms with Crippen molar-refractivity contribution in [2.45, 2.75) is 26.4 Å². The summed E-state index contributed by atoms with van der Waals surface area (Å²) in [6.07, 6.45) is 0. The molecule has 1 heterocycles. The van der Waals surface area contributed by atoms with Crippen LogP contribution in [0.2, 0.25) is 0 Å². The Morgan fingerprint density at radius 3 is 2.45 bits per heavy atom. The zero-order valence-electron chi connectivity index (χ0n) is 11.9. The van der Waals surface area contributed by atoms with Crippen LogP contribution in [-0.4, -0.2) is 6.04 Å². The van der Waals surface area contributed by atoms with Crippen molar-refractivity contribution >= 4 is 11.0 Å². The summed E-state index contributed by atoms with van der Waals surface area (Å²) in [5, 5.41) is 4.57. The van der Waals surface area contributed by atoms with Crippen LogP contribution in [0.1, 0.15) is 19.4 Å². The molecule has 0 aliphatic heterocycles. The molecule has 2 heteroatoms. The van der Waals surface area contributed by atoms with Crippen LogP contribution < -0.4 is 5.32 Å². The van der Waals surface area contributed by atoms with Gasteiger partial charge < -0.3 is 9.73 Å². The second-order valence-corrected chi connectivity index (χ2v) is 5.38. The topological polar surface area (TPSA) is 25.2 Å². The minimum Gasteiger partial charge on any atom is -0.456 e. The van der Waals surface area contributed by atoms with Crippen LogP contribution in [0.5, 0.6) is 0 Å². The first kappa shape index (κ1) is 12.9. The standard InChI is InChI=1S/C18H19NO/c1-13(2)19-12-14-7-9-15(10-8-14)18-11-16-5-3-4-6-17(16)20-18/h3-11,13,19H,12H2,1-2H3. The maximum atomic E-state index is 5.88. The van der Waals surface area contributed by atoms with E-state index in [9.17, 15) is 0 Å². The molecule has 0 saturated heterocycles. The van der Waals surface area contributed by atoms with E-state index in [1.807, 2.05) is 18.2 Å². The normalized spacial score (nSPS) is 11.3. The van der Waals surface area contributed by atoms with E-state index in [0.29, 0.717) is 6.04 Å². The van der Waals surface area contributed by atoms with Gasteiger partial charge in [0.15, 0.2) is 0 Å². The second kappa shape index (κ2) is 5.51. The van der Waals surface area contributed by atoms with Gasteiger partial charge in [-0.3, -0.25) is 0 Å². The lowest BCUT2D eigenvalue weighted by Gasteiger charge is -2.08. The third-order valence-corrected chi connectivity index (χ3v) is 3.38. The Hall–Kier alpha value is -2.06. The van der Waals surface area contributed by atoms with Crippen LogP contribution in [0.25, 0.3) is 22.3 Å². The highest BCUT2D eigenvalue weighted by Gasteiger charge is 2.05. The van der Waals surface area contributed by atoms with Gasteiger partial charge in [0, 0.05) is 23.5 Å². The van der Waals surface area contributed by atoms with Gasteiger partial charge >= 0.3 is 0 Å². The smallest absolute Gasteiger partial charge is 0.135 e. The molecule has 102 valence electrons. The molecule has 3 rings (SSSR count). The van der Waals surface area contributed by atoms with Gasteiger partial charge in [-0.25, -0.2) is 0 Å². The summed E-state index contributed by atoms with van der Waals surface area (Å²) in [6, 6.07) is 19.2. The van der Waals surface area contributed by atoms with E-state index in [1.54, 1.807) is 0 Å². The molecule has 0 radical (unpaired) electrons. The van der Waals surface area contributed by atoms with Gasteiger partial charge in [0.05, 0.1) is 0 Å². The first-order valence-corrected chi connectivity index (χ1v) is 7.03. The average Bonchev–Trinajstić information content (AvgIpc) is 2.89. The highest BCUT2D eigenvalue weighted by Crippen LogP contribution is 2.27. The zero-order valence-corrected chi connectivity index (χ0v) is 11.9. The fourth-order valence-electron chi connectivity index (χ4n) is 2.23. The van der Waals surface area contributed by atoms with Crippen molar-refractivity contribution in [1.29, 1.82) is 0 Å². The predicted octanol–water partition coefficient (Wildman–Crippen LogP) is 4.60. The van der Waals surface area contributed by atoms with Gasteiger partial charge in [-0.2, -0.15) is 0 Å². The fourth-order valence-corrected chi connectivity index (χ4v) is 2.23. The first-order valence-electron chi connectivity index (χ1n) is 7.03. The fraction of sp³-hybridized carbons (Fsp3) is 0.222. The SMILES string of the molecule is CC(C)NCc1ccc(-c2cc3ccccc3o2)cc1. The molecule has 0 amide bonds. The van der Waals surface area contributed by atoms with E-state index in [0.717, 1.165) is 28.8 Å². The van der Waals surface area contributed by atoms with Crippen molar-refractivity contribution in [2.75, 3.05) is 0 Å². The summed E-state index contributed by atoms with van der Waals surface area (Å²) in [4.78, 5) is 0. The maximum Gasteiger partial charge on any atom is 0.135 e. The zero-order chi connectivity index (χ0) is 13.9. The first-order chi connectivity index (χ1) is 9.72. The van der Waals surface area contributed by atoms with Gasteiger partial charge in [0.2, 0.25) is 0 Å². The van der Waals surface area contributed by atoms with E-state index in [1.165, 1.54) is 5.56 Å². The number of hydrogen-bond acceptors (Lipinski definition) is 2. The van der Waals surface area contributed by atoms with Crippen molar-refractivity contribution in [3.05, 3.63) is 60.2 Å². The van der Waals surface area contributed by atoms with E-state index in [4.69, 9.17) is 4.42 Å². The number of furan rings is 1. The molecule has 1 N–H and O–H groups in total. The Labute approximate surface area is 119 Å². The van der Waals surface area contributed by atoms with Gasteiger partial charge in [-0.15, -0.1) is 0 Å². The van der Waals surface area contributed by atoms with Crippen molar-refractivity contribution in [3.8, 4) is 11.3 Å². The number of nitrogens with one attached hydrogen (secondary N) is 1. The lowest BCUT2D eigenvalue weighted by Crippen LogP contribution is -2.21. The number of benzene rings is 2. The highest BCUT2D eigenvalue weighted by atomic mass is 16.3. The Bertz CT molecular complexity index is 662. The Balaban J connectivity index is 1.83. The quantitative estimate of drug-likeness (QED) is 0.746. The summed E-state index contributed by atoms with van der Waals surface area (Å²) >= 11 is 0. The second-order valence-electron chi connectivity index (χ2n) is 5.38. The molecule has 2 nitrogen and oxygen atoms in total. The largest absolute Gasteiger partial charge is 0.456 e. The molecule has 1 aromatic heterocycles. The van der Waals surface area contributed by atoms with Crippen molar-refractivity contribution in [2.24, 2.45) is 0 Å². The van der Waals surface area contributed by atoms with Crippen LogP contribution in [0.15, 0.2) is 59.0 Å². The number of hydrogen-bond donors (Lipinski definition) is 1. The Morgan fingerprint density at radius 2 is 1.75 bits per heavy atom. The third-order valence-electron chi connectivity index (χ3n) is 3.38. The molecule has 0 saturated carbocycles. The van der Waals surface area contributed by atoms with Crippen LogP contribution in [0.3, 0.4) is 0 Å². The monoisotopic (exact) mass is 265 g/mol. The van der Waals surface area contributed by atoms with Crippen LogP contribution in [0, 0.1) is 0 Å². The van der Waals surface area contributed by atoms with E-state index >= 15 is 0 Å². The minimum atomic E-state index is 0.505. The molecular formula is C18H19NO. The van der Waals surface area contributed by atoms with Gasteiger partial charge in [-0.05, 0) is 17.7 Å². The van der Waals surface area contributed by atoms with Gasteiger partial charge in [0.1, 0.15) is 11.3 Å². The van der Waals surface area contributed by atoms with E-state index < -0.39 is 0 Å². The number of rotatable bonds is 4. The van der Waals surface area contributed by atoms with Crippen molar-refractivity contribution in [1.82, 2.24) is 5.32 Å². The van der Waals surface area contributed by atoms with Crippen LogP contribution in [0.4, 0.5) is 0 Å². The van der Waals surface area contributed by atoms with Gasteiger partial charge in [-0.1, -0.05) is 56.3 Å². The maximum absolute atomic E-state index is 5.88. The lowest BCUT2D eigenvalue weighted by molar-refractivity contribution is 0.589. The summed E-state index contributed by atoms with van der Waals surface area (Å²) in [5.41, 5.74) is 3.35. The molecule has 0 aliphatic rings. The lowest BCUT2D eigenvalue weighted by atomic mass is 10.1. The Morgan fingerprint density at radius 1 is 1.00 bits per heavy atom. The molecule has 0 bridgehead atoms. The molecule has 20 heavy (non-hydrogen) atoms. The molecule has 2 aromatic carbocycles. The number of fused-ring (bicyclic) bond motifs is 1. The third kappa shape index (κ3) is 2.75. The van der Waals surface area contributed by atoms with E-state index in [-0.39, 0.29) is 0 Å². The summed E-state index contributed by atoms with van der Waals surface area (Å²) < 4.78 is 5.88. The van der Waals surface area contributed by atoms with Crippen LogP contribution in [-0.2, 0) is 6.54 Å². The van der Waals surface area contributed by atoms with Crippen molar-refractivity contribution in [3.63, 3.8) is 0 Å². The average molecular weight is 265 g/mol.